The number of oxime groups is 1. The van der Waals surface area contributed by atoms with Gasteiger partial charge in [-0.3, -0.25) is 4.79 Å². The molecule has 1 aliphatic rings. The molecule has 0 unspecified atom stereocenters. The minimum absolute atomic E-state index is 0.0422. The maximum atomic E-state index is 12.2. The minimum atomic E-state index is -0.323. The Morgan fingerprint density at radius 3 is 2.44 bits per heavy atom. The van der Waals surface area contributed by atoms with Crippen LogP contribution < -0.4 is 0 Å². The summed E-state index contributed by atoms with van der Waals surface area (Å²) in [5.74, 6) is -0.281. The van der Waals surface area contributed by atoms with E-state index in [1.165, 1.54) is 0 Å². The molecule has 1 saturated heterocycles. The Kier molecular flexibility index (Phi) is 4.17. The molecule has 1 aromatic carbocycles. The number of amidine groups is 1. The van der Waals surface area contributed by atoms with E-state index in [-0.39, 0.29) is 11.6 Å². The molecule has 1 heterocycles. The van der Waals surface area contributed by atoms with Crippen molar-refractivity contribution in [1.82, 2.24) is 4.90 Å². The second kappa shape index (κ2) is 5.84. The number of hydrogen-bond donors (Lipinski definition) is 1. The lowest BCUT2D eigenvalue weighted by Gasteiger charge is -2.28. The van der Waals surface area contributed by atoms with Gasteiger partial charge >= 0.3 is 0 Å². The SMILES string of the molecule is O=C(/C(=N/O)N1CCOCC1)c1ccc(Cl)cc1. The average Bonchev–Trinajstić information content (AvgIpc) is 2.41. The molecule has 18 heavy (non-hydrogen) atoms. The van der Waals surface area contributed by atoms with Gasteiger partial charge in [-0.05, 0) is 24.3 Å². The van der Waals surface area contributed by atoms with E-state index >= 15 is 0 Å². The van der Waals surface area contributed by atoms with Crippen molar-refractivity contribution >= 4 is 23.2 Å². The van der Waals surface area contributed by atoms with E-state index in [4.69, 9.17) is 21.5 Å². The molecule has 1 aliphatic heterocycles. The molecular weight excluding hydrogens is 256 g/mol. The van der Waals surface area contributed by atoms with Crippen LogP contribution in [0.3, 0.4) is 0 Å². The molecule has 1 N–H and O–H groups in total. The summed E-state index contributed by atoms with van der Waals surface area (Å²) in [4.78, 5) is 13.9. The summed E-state index contributed by atoms with van der Waals surface area (Å²) >= 11 is 5.76. The zero-order valence-corrected chi connectivity index (χ0v) is 10.4. The molecule has 1 aromatic rings. The van der Waals surface area contributed by atoms with Crippen LogP contribution in [0.2, 0.25) is 5.02 Å². The monoisotopic (exact) mass is 268 g/mol. The van der Waals surface area contributed by atoms with Crippen LogP contribution in [0.25, 0.3) is 0 Å². The number of carbonyl (C=O) groups is 1. The minimum Gasteiger partial charge on any atom is -0.409 e. The first kappa shape index (κ1) is 12.9. The molecule has 0 amide bonds. The first-order valence-corrected chi connectivity index (χ1v) is 5.95. The van der Waals surface area contributed by atoms with Crippen molar-refractivity contribution < 1.29 is 14.7 Å². The van der Waals surface area contributed by atoms with E-state index in [9.17, 15) is 4.79 Å². The molecule has 2 rings (SSSR count). The molecule has 5 nitrogen and oxygen atoms in total. The van der Waals surface area contributed by atoms with Crippen molar-refractivity contribution in [3.8, 4) is 0 Å². The van der Waals surface area contributed by atoms with Crippen LogP contribution >= 0.6 is 11.6 Å². The van der Waals surface area contributed by atoms with Gasteiger partial charge in [0.05, 0.1) is 13.2 Å². The van der Waals surface area contributed by atoms with Crippen molar-refractivity contribution in [1.29, 1.82) is 0 Å². The zero-order valence-electron chi connectivity index (χ0n) is 9.67. The molecule has 0 aliphatic carbocycles. The number of ether oxygens (including phenoxy) is 1. The number of halogens is 1. The Morgan fingerprint density at radius 2 is 1.89 bits per heavy atom. The van der Waals surface area contributed by atoms with Gasteiger partial charge in [0.2, 0.25) is 11.6 Å². The van der Waals surface area contributed by atoms with Gasteiger partial charge in [-0.1, -0.05) is 16.8 Å². The summed E-state index contributed by atoms with van der Waals surface area (Å²) < 4.78 is 5.19. The van der Waals surface area contributed by atoms with Gasteiger partial charge in [-0.15, -0.1) is 0 Å². The Morgan fingerprint density at radius 1 is 1.28 bits per heavy atom. The fourth-order valence-corrected chi connectivity index (χ4v) is 1.88. The van der Waals surface area contributed by atoms with Crippen molar-refractivity contribution in [3.05, 3.63) is 34.9 Å². The van der Waals surface area contributed by atoms with Gasteiger partial charge < -0.3 is 14.8 Å². The highest BCUT2D eigenvalue weighted by molar-refractivity contribution is 6.45. The molecule has 0 radical (unpaired) electrons. The van der Waals surface area contributed by atoms with Crippen LogP contribution in [0.5, 0.6) is 0 Å². The number of morpholine rings is 1. The third kappa shape index (κ3) is 2.80. The Balaban J connectivity index is 2.17. The van der Waals surface area contributed by atoms with Crippen LogP contribution in [-0.2, 0) is 4.74 Å². The van der Waals surface area contributed by atoms with E-state index in [1.54, 1.807) is 29.2 Å². The standard InChI is InChI=1S/C12H13ClN2O3/c13-10-3-1-9(2-4-10)11(16)12(14-17)15-5-7-18-8-6-15/h1-4,17H,5-8H2/b14-12-. The number of Topliss-reactive ketones (excluding diaryl/α,β-unsaturated/α-hetero) is 1. The molecule has 0 spiro atoms. The van der Waals surface area contributed by atoms with E-state index < -0.39 is 0 Å². The summed E-state index contributed by atoms with van der Waals surface area (Å²) in [6, 6.07) is 6.47. The Hall–Kier alpha value is -1.59. The van der Waals surface area contributed by atoms with Crippen molar-refractivity contribution in [2.24, 2.45) is 5.16 Å². The van der Waals surface area contributed by atoms with Gasteiger partial charge in [-0.2, -0.15) is 0 Å². The number of ketones is 1. The molecule has 6 heteroatoms. The van der Waals surface area contributed by atoms with Crippen molar-refractivity contribution in [2.45, 2.75) is 0 Å². The average molecular weight is 269 g/mol. The fraction of sp³-hybridized carbons (Fsp3) is 0.333. The Labute approximate surface area is 110 Å². The van der Waals surface area contributed by atoms with E-state index in [1.807, 2.05) is 0 Å². The third-order valence-electron chi connectivity index (χ3n) is 2.71. The number of rotatable bonds is 2. The van der Waals surface area contributed by atoms with Gasteiger partial charge in [-0.25, -0.2) is 0 Å². The molecule has 96 valence electrons. The normalized spacial score (nSPS) is 16.7. The lowest BCUT2D eigenvalue weighted by atomic mass is 10.1. The first-order chi connectivity index (χ1) is 8.72. The smallest absolute Gasteiger partial charge is 0.231 e. The quantitative estimate of drug-likeness (QED) is 0.291. The summed E-state index contributed by atoms with van der Waals surface area (Å²) in [5.41, 5.74) is 0.443. The van der Waals surface area contributed by atoms with Crippen molar-refractivity contribution in [3.63, 3.8) is 0 Å². The largest absolute Gasteiger partial charge is 0.409 e. The van der Waals surface area contributed by atoms with E-state index in [0.717, 1.165) is 0 Å². The molecule has 1 fully saturated rings. The van der Waals surface area contributed by atoms with Crippen LogP contribution in [0.4, 0.5) is 0 Å². The Bertz CT molecular complexity index is 453. The zero-order chi connectivity index (χ0) is 13.0. The number of carbonyl (C=O) groups excluding carboxylic acids is 1. The maximum Gasteiger partial charge on any atom is 0.231 e. The first-order valence-electron chi connectivity index (χ1n) is 5.57. The van der Waals surface area contributed by atoms with Gasteiger partial charge in [0.15, 0.2) is 0 Å². The molecule has 0 saturated carbocycles. The van der Waals surface area contributed by atoms with Gasteiger partial charge in [0.1, 0.15) is 0 Å². The lowest BCUT2D eigenvalue weighted by Crippen LogP contribution is -2.44. The highest BCUT2D eigenvalue weighted by atomic mass is 35.5. The second-order valence-corrected chi connectivity index (χ2v) is 4.30. The lowest BCUT2D eigenvalue weighted by molar-refractivity contribution is 0.0643. The van der Waals surface area contributed by atoms with Gasteiger partial charge in [0, 0.05) is 23.7 Å². The summed E-state index contributed by atoms with van der Waals surface area (Å²) in [7, 11) is 0. The maximum absolute atomic E-state index is 12.2. The third-order valence-corrected chi connectivity index (χ3v) is 2.97. The second-order valence-electron chi connectivity index (χ2n) is 3.86. The summed E-state index contributed by atoms with van der Waals surface area (Å²) in [6.45, 7) is 2.12. The molecular formula is C12H13ClN2O3. The molecule has 0 bridgehead atoms. The topological polar surface area (TPSA) is 62.1 Å². The van der Waals surface area contributed by atoms with Crippen molar-refractivity contribution in [2.75, 3.05) is 26.3 Å². The fourth-order valence-electron chi connectivity index (χ4n) is 1.76. The molecule has 0 atom stereocenters. The van der Waals surface area contributed by atoms with Crippen LogP contribution in [-0.4, -0.2) is 48.0 Å². The highest BCUT2D eigenvalue weighted by Gasteiger charge is 2.23. The summed E-state index contributed by atoms with van der Waals surface area (Å²) in [6.07, 6.45) is 0. The van der Waals surface area contributed by atoms with Crippen LogP contribution in [0.1, 0.15) is 10.4 Å². The van der Waals surface area contributed by atoms with Gasteiger partial charge in [0.25, 0.3) is 0 Å². The van der Waals surface area contributed by atoms with Crippen LogP contribution in [0.15, 0.2) is 29.4 Å². The number of benzene rings is 1. The molecule has 0 aromatic heterocycles. The highest BCUT2D eigenvalue weighted by Crippen LogP contribution is 2.12. The number of hydrogen-bond acceptors (Lipinski definition) is 4. The van der Waals surface area contributed by atoms with E-state index in [2.05, 4.69) is 5.16 Å². The predicted molar refractivity (Wildman–Crippen MR) is 67.4 cm³/mol. The van der Waals surface area contributed by atoms with Crippen LogP contribution in [0, 0.1) is 0 Å². The number of nitrogens with zero attached hydrogens (tertiary/aromatic N) is 2. The van der Waals surface area contributed by atoms with E-state index in [0.29, 0.717) is 36.9 Å². The predicted octanol–water partition coefficient (Wildman–Crippen LogP) is 1.64. The summed E-state index contributed by atoms with van der Waals surface area (Å²) in [5, 5.41) is 12.7.